The highest BCUT2D eigenvalue weighted by atomic mass is 16.2. The van der Waals surface area contributed by atoms with Crippen molar-refractivity contribution in [3.63, 3.8) is 0 Å². The minimum Gasteiger partial charge on any atom is -0.309 e. The van der Waals surface area contributed by atoms with E-state index in [-0.39, 0.29) is 23.4 Å². The Labute approximate surface area is 186 Å². The number of hydrogen-bond donors (Lipinski definition) is 1. The molecule has 2 aromatic carbocycles. The normalized spacial score (nSPS) is 11.7. The molecule has 0 aliphatic rings. The second-order valence-electron chi connectivity index (χ2n) is 9.11. The van der Waals surface area contributed by atoms with Gasteiger partial charge in [-0.25, -0.2) is 9.67 Å². The van der Waals surface area contributed by atoms with Gasteiger partial charge in [-0.2, -0.15) is 5.10 Å². The van der Waals surface area contributed by atoms with Gasteiger partial charge in [0.2, 0.25) is 5.91 Å². The second kappa shape index (κ2) is 8.07. The number of nitrogens with one attached hydrogen (secondary N) is 1. The van der Waals surface area contributed by atoms with Crippen LogP contribution in [0.4, 0.5) is 5.82 Å². The van der Waals surface area contributed by atoms with Crippen molar-refractivity contribution in [2.24, 2.45) is 0 Å². The molecule has 0 saturated heterocycles. The third-order valence-corrected chi connectivity index (χ3v) is 5.36. The van der Waals surface area contributed by atoms with E-state index in [1.807, 2.05) is 56.3 Å². The molecule has 4 aromatic rings. The lowest BCUT2D eigenvalue weighted by molar-refractivity contribution is -0.116. The van der Waals surface area contributed by atoms with E-state index in [9.17, 15) is 9.59 Å². The summed E-state index contributed by atoms with van der Waals surface area (Å²) >= 11 is 0. The molecule has 2 heterocycles. The third kappa shape index (κ3) is 4.19. The van der Waals surface area contributed by atoms with Crippen molar-refractivity contribution in [2.45, 2.75) is 46.6 Å². The molecular weight excluding hydrogens is 402 g/mol. The van der Waals surface area contributed by atoms with Crippen LogP contribution in [0.3, 0.4) is 0 Å². The second-order valence-corrected chi connectivity index (χ2v) is 9.11. The Morgan fingerprint density at radius 3 is 2.53 bits per heavy atom. The largest absolute Gasteiger partial charge is 0.309 e. The number of carbonyl (C=O) groups is 1. The third-order valence-electron chi connectivity index (χ3n) is 5.36. The Balaban J connectivity index is 1.66. The van der Waals surface area contributed by atoms with Crippen molar-refractivity contribution < 1.29 is 4.79 Å². The van der Waals surface area contributed by atoms with Gasteiger partial charge in [0.15, 0.2) is 0 Å². The summed E-state index contributed by atoms with van der Waals surface area (Å²) in [4.78, 5) is 30.1. The number of rotatable bonds is 4. The smallest absolute Gasteiger partial charge is 0.261 e. The first-order valence-corrected chi connectivity index (χ1v) is 10.6. The fraction of sp³-hybridized carbons (Fsp3) is 0.280. The minimum atomic E-state index is -0.324. The van der Waals surface area contributed by atoms with Gasteiger partial charge < -0.3 is 5.32 Å². The van der Waals surface area contributed by atoms with Gasteiger partial charge in [0.05, 0.1) is 28.6 Å². The van der Waals surface area contributed by atoms with Crippen LogP contribution in [0.15, 0.2) is 59.7 Å². The summed E-state index contributed by atoms with van der Waals surface area (Å²) in [6, 6.07) is 15.3. The number of fused-ring (bicyclic) bond motifs is 1. The SMILES string of the molecule is Cc1cccc(-n2nc(C(C)(C)C)cc2NC(=O)Cn2cnc3c(C)cccc3c2=O)c1. The molecule has 0 radical (unpaired) electrons. The van der Waals surface area contributed by atoms with Crippen molar-refractivity contribution in [1.29, 1.82) is 0 Å². The van der Waals surface area contributed by atoms with Crippen LogP contribution in [0.1, 0.15) is 37.6 Å². The number of hydrogen-bond acceptors (Lipinski definition) is 4. The number of aromatic nitrogens is 4. The van der Waals surface area contributed by atoms with E-state index in [0.717, 1.165) is 22.5 Å². The Morgan fingerprint density at radius 1 is 1.06 bits per heavy atom. The molecule has 0 atom stereocenters. The Kier molecular flexibility index (Phi) is 5.42. The standard InChI is InChI=1S/C25H27N5O2/c1-16-8-6-10-18(12-16)30-21(13-20(28-30)25(3,4)5)27-22(31)14-29-15-26-23-17(2)9-7-11-19(23)24(29)32/h6-13,15H,14H2,1-5H3,(H,27,31). The van der Waals surface area contributed by atoms with Crippen LogP contribution in [-0.4, -0.2) is 25.2 Å². The summed E-state index contributed by atoms with van der Waals surface area (Å²) in [6.45, 7) is 10.00. The number of benzene rings is 2. The molecule has 0 spiro atoms. The number of anilines is 1. The zero-order valence-electron chi connectivity index (χ0n) is 19.0. The molecule has 7 heteroatoms. The molecule has 0 unspecified atom stereocenters. The number of para-hydroxylation sites is 1. The maximum absolute atomic E-state index is 12.9. The van der Waals surface area contributed by atoms with Gasteiger partial charge in [0, 0.05) is 11.5 Å². The van der Waals surface area contributed by atoms with Gasteiger partial charge in [-0.15, -0.1) is 0 Å². The van der Waals surface area contributed by atoms with Gasteiger partial charge in [-0.3, -0.25) is 14.2 Å². The molecule has 1 N–H and O–H groups in total. The molecule has 0 bridgehead atoms. The van der Waals surface area contributed by atoms with Gasteiger partial charge in [-0.05, 0) is 43.2 Å². The average molecular weight is 430 g/mol. The zero-order valence-corrected chi connectivity index (χ0v) is 19.0. The molecule has 0 aliphatic heterocycles. The van der Waals surface area contributed by atoms with Crippen molar-refractivity contribution in [1.82, 2.24) is 19.3 Å². The highest BCUT2D eigenvalue weighted by Gasteiger charge is 2.22. The van der Waals surface area contributed by atoms with Crippen LogP contribution in [0.25, 0.3) is 16.6 Å². The lowest BCUT2D eigenvalue weighted by Crippen LogP contribution is -2.28. The van der Waals surface area contributed by atoms with E-state index in [1.165, 1.54) is 10.9 Å². The van der Waals surface area contributed by atoms with Crippen molar-refractivity contribution in [3.05, 3.63) is 82.0 Å². The molecule has 0 fully saturated rings. The van der Waals surface area contributed by atoms with E-state index < -0.39 is 0 Å². The van der Waals surface area contributed by atoms with Crippen LogP contribution in [0.2, 0.25) is 0 Å². The molecule has 0 saturated carbocycles. The lowest BCUT2D eigenvalue weighted by Gasteiger charge is -2.14. The predicted molar refractivity (Wildman–Crippen MR) is 126 cm³/mol. The molecule has 4 rings (SSSR count). The summed E-state index contributed by atoms with van der Waals surface area (Å²) in [7, 11) is 0. The van der Waals surface area contributed by atoms with Crippen LogP contribution in [-0.2, 0) is 16.8 Å². The highest BCUT2D eigenvalue weighted by Crippen LogP contribution is 2.26. The molecule has 1 amide bonds. The van der Waals surface area contributed by atoms with Crippen LogP contribution >= 0.6 is 0 Å². The van der Waals surface area contributed by atoms with Crippen molar-refractivity contribution >= 4 is 22.6 Å². The molecule has 2 aromatic heterocycles. The van der Waals surface area contributed by atoms with Crippen molar-refractivity contribution in [2.75, 3.05) is 5.32 Å². The maximum Gasteiger partial charge on any atom is 0.261 e. The first-order valence-electron chi connectivity index (χ1n) is 10.6. The van der Waals surface area contributed by atoms with E-state index in [2.05, 4.69) is 31.1 Å². The van der Waals surface area contributed by atoms with E-state index in [1.54, 1.807) is 10.7 Å². The van der Waals surface area contributed by atoms with Gasteiger partial charge in [0.1, 0.15) is 12.4 Å². The predicted octanol–water partition coefficient (Wildman–Crippen LogP) is 4.14. The van der Waals surface area contributed by atoms with E-state index >= 15 is 0 Å². The summed E-state index contributed by atoms with van der Waals surface area (Å²) in [5, 5.41) is 8.17. The van der Waals surface area contributed by atoms with Crippen molar-refractivity contribution in [3.8, 4) is 5.69 Å². The number of aryl methyl sites for hydroxylation is 2. The fourth-order valence-electron chi connectivity index (χ4n) is 3.58. The summed E-state index contributed by atoms with van der Waals surface area (Å²) in [5.41, 5.74) is 3.96. The van der Waals surface area contributed by atoms with E-state index in [0.29, 0.717) is 16.7 Å². The molecule has 7 nitrogen and oxygen atoms in total. The first-order chi connectivity index (χ1) is 15.1. The topological polar surface area (TPSA) is 81.8 Å². The average Bonchev–Trinajstić information content (AvgIpc) is 3.15. The molecule has 32 heavy (non-hydrogen) atoms. The first kappa shape index (κ1) is 21.5. The Bertz CT molecular complexity index is 1380. The van der Waals surface area contributed by atoms with Crippen LogP contribution in [0.5, 0.6) is 0 Å². The number of nitrogens with zero attached hydrogens (tertiary/aromatic N) is 4. The minimum absolute atomic E-state index is 0.139. The summed E-state index contributed by atoms with van der Waals surface area (Å²) < 4.78 is 3.06. The monoisotopic (exact) mass is 429 g/mol. The quantitative estimate of drug-likeness (QED) is 0.529. The van der Waals surface area contributed by atoms with E-state index in [4.69, 9.17) is 5.10 Å². The molecular formula is C25H27N5O2. The number of carbonyl (C=O) groups excluding carboxylic acids is 1. The number of amides is 1. The summed E-state index contributed by atoms with van der Waals surface area (Å²) in [6.07, 6.45) is 1.43. The fourth-order valence-corrected chi connectivity index (χ4v) is 3.58. The van der Waals surface area contributed by atoms with Crippen LogP contribution in [0, 0.1) is 13.8 Å². The Hall–Kier alpha value is -3.74. The molecule has 164 valence electrons. The van der Waals surface area contributed by atoms with Gasteiger partial charge in [0.25, 0.3) is 5.56 Å². The van der Waals surface area contributed by atoms with Crippen LogP contribution < -0.4 is 10.9 Å². The van der Waals surface area contributed by atoms with Gasteiger partial charge >= 0.3 is 0 Å². The Morgan fingerprint density at radius 2 is 1.81 bits per heavy atom. The highest BCUT2D eigenvalue weighted by molar-refractivity contribution is 5.90. The zero-order chi connectivity index (χ0) is 23.0. The lowest BCUT2D eigenvalue weighted by atomic mass is 9.92. The summed E-state index contributed by atoms with van der Waals surface area (Å²) in [5.74, 6) is 0.235. The molecule has 0 aliphatic carbocycles. The maximum atomic E-state index is 12.9. The van der Waals surface area contributed by atoms with Gasteiger partial charge in [-0.1, -0.05) is 45.0 Å².